The van der Waals surface area contributed by atoms with Crippen LogP contribution in [0, 0.1) is 11.8 Å². The number of amides is 2. The molecule has 0 heterocycles. The van der Waals surface area contributed by atoms with Gasteiger partial charge in [0.05, 0.1) is 6.04 Å². The summed E-state index contributed by atoms with van der Waals surface area (Å²) in [4.78, 5) is 35.2. The van der Waals surface area contributed by atoms with Crippen molar-refractivity contribution >= 4 is 30.4 Å². The lowest BCUT2D eigenvalue weighted by Gasteiger charge is -2.24. The number of thiol groups is 1. The molecular weight excluding hydrogens is 306 g/mol. The lowest BCUT2D eigenvalue weighted by atomic mass is 9.99. The van der Waals surface area contributed by atoms with Crippen LogP contribution in [0.5, 0.6) is 0 Å². The zero-order valence-electron chi connectivity index (χ0n) is 13.5. The molecule has 0 fully saturated rings. The van der Waals surface area contributed by atoms with Gasteiger partial charge in [0.1, 0.15) is 12.1 Å². The molecule has 0 aromatic heterocycles. The molecule has 5 N–H and O–H groups in total. The number of hydrogen-bond donors (Lipinski definition) is 5. The summed E-state index contributed by atoms with van der Waals surface area (Å²) in [5.41, 5.74) is 5.81. The summed E-state index contributed by atoms with van der Waals surface area (Å²) >= 11 is 4.03. The van der Waals surface area contributed by atoms with Crippen molar-refractivity contribution in [3.63, 3.8) is 0 Å². The van der Waals surface area contributed by atoms with Gasteiger partial charge in [-0.3, -0.25) is 9.59 Å². The smallest absolute Gasteiger partial charge is 0.326 e. The van der Waals surface area contributed by atoms with Crippen molar-refractivity contribution in [3.05, 3.63) is 0 Å². The van der Waals surface area contributed by atoms with E-state index >= 15 is 0 Å². The SMILES string of the molecule is CCC(C)C(N)C(=O)NC(CS)C(=O)NC(C(=O)O)C(C)C. The predicted molar refractivity (Wildman–Crippen MR) is 87.6 cm³/mol. The van der Waals surface area contributed by atoms with Crippen LogP contribution in [0.15, 0.2) is 0 Å². The average molecular weight is 333 g/mol. The highest BCUT2D eigenvalue weighted by molar-refractivity contribution is 7.80. The van der Waals surface area contributed by atoms with Gasteiger partial charge in [0.2, 0.25) is 11.8 Å². The molecule has 0 rings (SSSR count). The third-order valence-electron chi connectivity index (χ3n) is 3.61. The Morgan fingerprint density at radius 2 is 1.68 bits per heavy atom. The topological polar surface area (TPSA) is 122 Å². The van der Waals surface area contributed by atoms with Crippen LogP contribution in [-0.4, -0.2) is 46.8 Å². The van der Waals surface area contributed by atoms with Crippen LogP contribution in [0.25, 0.3) is 0 Å². The summed E-state index contributed by atoms with van der Waals surface area (Å²) in [5.74, 6) is -2.40. The quantitative estimate of drug-likeness (QED) is 0.380. The molecule has 0 aliphatic heterocycles. The maximum atomic E-state index is 12.1. The molecule has 128 valence electrons. The van der Waals surface area contributed by atoms with Crippen LogP contribution in [0.1, 0.15) is 34.1 Å². The first-order valence-corrected chi connectivity index (χ1v) is 7.98. The standard InChI is InChI=1S/C14H27N3O4S/c1-5-8(4)10(15)13(19)16-9(6-22)12(18)17-11(7(2)3)14(20)21/h7-11,22H,5-6,15H2,1-4H3,(H,16,19)(H,17,18)(H,20,21). The van der Waals surface area contributed by atoms with Crippen LogP contribution in [-0.2, 0) is 14.4 Å². The number of carbonyl (C=O) groups excluding carboxylic acids is 2. The Morgan fingerprint density at radius 3 is 2.05 bits per heavy atom. The molecule has 0 radical (unpaired) electrons. The van der Waals surface area contributed by atoms with Crippen LogP contribution in [0.2, 0.25) is 0 Å². The predicted octanol–water partition coefficient (Wildman–Crippen LogP) is -0.000200. The van der Waals surface area contributed by atoms with E-state index in [-0.39, 0.29) is 17.6 Å². The van der Waals surface area contributed by atoms with Gasteiger partial charge in [-0.25, -0.2) is 4.79 Å². The summed E-state index contributed by atoms with van der Waals surface area (Å²) in [6.07, 6.45) is 0.737. The van der Waals surface area contributed by atoms with Gasteiger partial charge in [-0.15, -0.1) is 0 Å². The fourth-order valence-electron chi connectivity index (χ4n) is 1.74. The number of carbonyl (C=O) groups is 3. The molecule has 0 bridgehead atoms. The number of nitrogens with one attached hydrogen (secondary N) is 2. The molecule has 4 atom stereocenters. The molecule has 22 heavy (non-hydrogen) atoms. The number of rotatable bonds is 9. The molecule has 8 heteroatoms. The average Bonchev–Trinajstić information content (AvgIpc) is 2.47. The maximum Gasteiger partial charge on any atom is 0.326 e. The monoisotopic (exact) mass is 333 g/mol. The zero-order valence-corrected chi connectivity index (χ0v) is 14.4. The molecule has 0 aromatic carbocycles. The van der Waals surface area contributed by atoms with Gasteiger partial charge >= 0.3 is 5.97 Å². The lowest BCUT2D eigenvalue weighted by Crippen LogP contribution is -2.56. The first kappa shape index (κ1) is 20.7. The molecular formula is C14H27N3O4S. The second-order valence-electron chi connectivity index (χ2n) is 5.72. The van der Waals surface area contributed by atoms with Crippen LogP contribution in [0.4, 0.5) is 0 Å². The van der Waals surface area contributed by atoms with Crippen LogP contribution in [0.3, 0.4) is 0 Å². The third kappa shape index (κ3) is 6.23. The van der Waals surface area contributed by atoms with Crippen molar-refractivity contribution in [2.45, 2.75) is 52.2 Å². The highest BCUT2D eigenvalue weighted by atomic mass is 32.1. The molecule has 0 aromatic rings. The van der Waals surface area contributed by atoms with Gasteiger partial charge in [-0.05, 0) is 11.8 Å². The minimum absolute atomic E-state index is 0.0222. The van der Waals surface area contributed by atoms with Crippen molar-refractivity contribution in [3.8, 4) is 0 Å². The summed E-state index contributed by atoms with van der Waals surface area (Å²) in [7, 11) is 0. The summed E-state index contributed by atoms with van der Waals surface area (Å²) in [6, 6.07) is -2.66. The first-order valence-electron chi connectivity index (χ1n) is 7.35. The minimum Gasteiger partial charge on any atom is -0.480 e. The van der Waals surface area contributed by atoms with E-state index in [0.717, 1.165) is 6.42 Å². The molecule has 0 saturated carbocycles. The Bertz CT molecular complexity index is 404. The van der Waals surface area contributed by atoms with Crippen molar-refractivity contribution in [1.29, 1.82) is 0 Å². The van der Waals surface area contributed by atoms with Crippen molar-refractivity contribution in [2.24, 2.45) is 17.6 Å². The van der Waals surface area contributed by atoms with Crippen LogP contribution < -0.4 is 16.4 Å². The van der Waals surface area contributed by atoms with Crippen molar-refractivity contribution < 1.29 is 19.5 Å². The van der Waals surface area contributed by atoms with Gasteiger partial charge < -0.3 is 21.5 Å². The second-order valence-corrected chi connectivity index (χ2v) is 6.09. The number of carboxylic acid groups (broad SMARTS) is 1. The minimum atomic E-state index is -1.12. The molecule has 0 aliphatic carbocycles. The van der Waals surface area contributed by atoms with E-state index in [4.69, 9.17) is 10.8 Å². The Labute approximate surface area is 136 Å². The van der Waals surface area contributed by atoms with Crippen molar-refractivity contribution in [2.75, 3.05) is 5.75 Å². The first-order chi connectivity index (χ1) is 10.1. The third-order valence-corrected chi connectivity index (χ3v) is 3.97. The number of carboxylic acids is 1. The molecule has 7 nitrogen and oxygen atoms in total. The lowest BCUT2D eigenvalue weighted by molar-refractivity contribution is -0.143. The fourth-order valence-corrected chi connectivity index (χ4v) is 2.00. The molecule has 0 saturated heterocycles. The largest absolute Gasteiger partial charge is 0.480 e. The molecule has 0 spiro atoms. The summed E-state index contributed by atoms with van der Waals surface area (Å²) < 4.78 is 0. The van der Waals surface area contributed by atoms with E-state index in [0.29, 0.717) is 0 Å². The van der Waals surface area contributed by atoms with Gasteiger partial charge in [0.25, 0.3) is 0 Å². The van der Waals surface area contributed by atoms with E-state index < -0.39 is 35.9 Å². The van der Waals surface area contributed by atoms with Crippen LogP contribution >= 0.6 is 12.6 Å². The van der Waals surface area contributed by atoms with E-state index in [9.17, 15) is 14.4 Å². The van der Waals surface area contributed by atoms with Gasteiger partial charge in [-0.1, -0.05) is 34.1 Å². The van der Waals surface area contributed by atoms with E-state index in [2.05, 4.69) is 23.3 Å². The zero-order chi connectivity index (χ0) is 17.4. The molecule has 4 unspecified atom stereocenters. The Hall–Kier alpha value is -1.28. The highest BCUT2D eigenvalue weighted by Crippen LogP contribution is 2.06. The fraction of sp³-hybridized carbons (Fsp3) is 0.786. The number of nitrogens with two attached hydrogens (primary N) is 1. The second kappa shape index (κ2) is 9.68. The van der Waals surface area contributed by atoms with Gasteiger partial charge in [0, 0.05) is 5.75 Å². The van der Waals surface area contributed by atoms with Crippen molar-refractivity contribution in [1.82, 2.24) is 10.6 Å². The normalized spacial score (nSPS) is 16.5. The van der Waals surface area contributed by atoms with Gasteiger partial charge in [-0.2, -0.15) is 12.6 Å². The van der Waals surface area contributed by atoms with E-state index in [1.165, 1.54) is 0 Å². The maximum absolute atomic E-state index is 12.1. The number of aliphatic carboxylic acids is 1. The summed E-state index contributed by atoms with van der Waals surface area (Å²) in [5, 5.41) is 14.0. The molecule has 2 amide bonds. The highest BCUT2D eigenvalue weighted by Gasteiger charge is 2.29. The summed E-state index contributed by atoms with van der Waals surface area (Å²) in [6.45, 7) is 7.14. The van der Waals surface area contributed by atoms with E-state index in [1.54, 1.807) is 13.8 Å². The van der Waals surface area contributed by atoms with E-state index in [1.807, 2.05) is 13.8 Å². The number of hydrogen-bond acceptors (Lipinski definition) is 5. The van der Waals surface area contributed by atoms with Gasteiger partial charge in [0.15, 0.2) is 0 Å². The Morgan fingerprint density at radius 1 is 1.14 bits per heavy atom. The molecule has 0 aliphatic rings. The Balaban J connectivity index is 4.79. The Kier molecular flexibility index (Phi) is 9.12.